The van der Waals surface area contributed by atoms with Gasteiger partial charge in [0.25, 0.3) is 0 Å². The second-order valence-corrected chi connectivity index (χ2v) is 3.90. The third kappa shape index (κ3) is 3.12. The van der Waals surface area contributed by atoms with E-state index in [-0.39, 0.29) is 0 Å². The third-order valence-corrected chi connectivity index (χ3v) is 2.64. The largest absolute Gasteiger partial charge is 0.364 e. The molecule has 1 heterocycles. The van der Waals surface area contributed by atoms with E-state index in [1.165, 1.54) is 0 Å². The van der Waals surface area contributed by atoms with Crippen LogP contribution in [0.2, 0.25) is 0 Å². The molecule has 1 aliphatic rings. The monoisotopic (exact) mass is 246 g/mol. The second kappa shape index (κ2) is 5.56. The Morgan fingerprint density at radius 2 is 2.18 bits per heavy atom. The van der Waals surface area contributed by atoms with Gasteiger partial charge >= 0.3 is 0 Å². The van der Waals surface area contributed by atoms with Crippen molar-refractivity contribution < 1.29 is 0 Å². The van der Waals surface area contributed by atoms with Crippen LogP contribution in [0.25, 0.3) is 0 Å². The van der Waals surface area contributed by atoms with Crippen molar-refractivity contribution in [1.29, 1.82) is 0 Å². The standard InChI is InChI=1S/C12H14N4S/c1-13-12(17)15-10-7-8-16(14-9-10)11-5-3-2-4-6-11/h2-8,14H,9H2,1H3,(H,13,17). The van der Waals surface area contributed by atoms with Crippen molar-refractivity contribution in [1.82, 2.24) is 10.7 Å². The molecule has 0 bridgehead atoms. The molecule has 0 amide bonds. The normalized spacial score (nSPS) is 17.2. The lowest BCUT2D eigenvalue weighted by molar-refractivity contribution is 0.775. The number of aliphatic imine (C=N–C) groups is 1. The lowest BCUT2D eigenvalue weighted by atomic mass is 10.3. The van der Waals surface area contributed by atoms with Gasteiger partial charge in [-0.25, -0.2) is 10.4 Å². The Bertz CT molecular complexity index is 453. The molecule has 0 spiro atoms. The molecule has 0 saturated heterocycles. The molecule has 5 heteroatoms. The Labute approximate surface area is 106 Å². The van der Waals surface area contributed by atoms with Crippen molar-refractivity contribution in [2.24, 2.45) is 4.99 Å². The van der Waals surface area contributed by atoms with Crippen LogP contribution in [0.3, 0.4) is 0 Å². The summed E-state index contributed by atoms with van der Waals surface area (Å²) in [6.07, 6.45) is 3.89. The van der Waals surface area contributed by atoms with Crippen LogP contribution in [-0.2, 0) is 0 Å². The number of anilines is 1. The number of hydrazine groups is 1. The molecule has 2 N–H and O–H groups in total. The first kappa shape index (κ1) is 11.8. The molecule has 0 atom stereocenters. The van der Waals surface area contributed by atoms with Gasteiger partial charge in [0.2, 0.25) is 0 Å². The van der Waals surface area contributed by atoms with Crippen LogP contribution in [0.15, 0.2) is 47.6 Å². The molecule has 4 nitrogen and oxygen atoms in total. The highest BCUT2D eigenvalue weighted by molar-refractivity contribution is 7.80. The molecule has 1 aromatic rings. The van der Waals surface area contributed by atoms with E-state index in [1.54, 1.807) is 7.05 Å². The molecule has 2 rings (SSSR count). The van der Waals surface area contributed by atoms with Crippen LogP contribution in [0.4, 0.5) is 5.69 Å². The average molecular weight is 246 g/mol. The van der Waals surface area contributed by atoms with Gasteiger partial charge in [-0.05, 0) is 30.4 Å². The highest BCUT2D eigenvalue weighted by Crippen LogP contribution is 2.12. The van der Waals surface area contributed by atoms with Gasteiger partial charge < -0.3 is 5.32 Å². The molecule has 1 aliphatic heterocycles. The highest BCUT2D eigenvalue weighted by atomic mass is 32.1. The van der Waals surface area contributed by atoms with E-state index in [4.69, 9.17) is 12.2 Å². The summed E-state index contributed by atoms with van der Waals surface area (Å²) >= 11 is 4.99. The summed E-state index contributed by atoms with van der Waals surface area (Å²) in [7, 11) is 1.77. The minimum Gasteiger partial charge on any atom is -0.364 e. The van der Waals surface area contributed by atoms with Gasteiger partial charge in [-0.1, -0.05) is 18.2 Å². The van der Waals surface area contributed by atoms with Crippen LogP contribution < -0.4 is 15.8 Å². The fraction of sp³-hybridized carbons (Fsp3) is 0.167. The molecule has 0 aliphatic carbocycles. The number of para-hydroxylation sites is 1. The van der Waals surface area contributed by atoms with Gasteiger partial charge in [-0.3, -0.25) is 5.01 Å². The summed E-state index contributed by atoms with van der Waals surface area (Å²) in [4.78, 5) is 4.24. The summed E-state index contributed by atoms with van der Waals surface area (Å²) in [5, 5.41) is 5.28. The zero-order chi connectivity index (χ0) is 12.1. The molecule has 0 unspecified atom stereocenters. The van der Waals surface area contributed by atoms with Gasteiger partial charge in [-0.15, -0.1) is 0 Å². The maximum absolute atomic E-state index is 4.99. The molecule has 0 fully saturated rings. The van der Waals surface area contributed by atoms with Gasteiger partial charge in [-0.2, -0.15) is 0 Å². The van der Waals surface area contributed by atoms with Crippen molar-refractivity contribution in [3.63, 3.8) is 0 Å². The molecule has 0 aromatic heterocycles. The van der Waals surface area contributed by atoms with E-state index in [0.29, 0.717) is 11.7 Å². The van der Waals surface area contributed by atoms with E-state index < -0.39 is 0 Å². The minimum atomic E-state index is 0.500. The van der Waals surface area contributed by atoms with Crippen LogP contribution in [0.5, 0.6) is 0 Å². The second-order valence-electron chi connectivity index (χ2n) is 3.51. The Hall–Kier alpha value is -1.72. The lowest BCUT2D eigenvalue weighted by Gasteiger charge is -2.25. The SMILES string of the molecule is CNC(=S)N=C1C=CN(c2ccccc2)NC1. The number of rotatable bonds is 1. The number of hydrogen-bond donors (Lipinski definition) is 2. The minimum absolute atomic E-state index is 0.500. The smallest absolute Gasteiger partial charge is 0.192 e. The summed E-state index contributed by atoms with van der Waals surface area (Å²) in [5.74, 6) is 0. The van der Waals surface area contributed by atoms with E-state index in [2.05, 4.69) is 15.7 Å². The van der Waals surface area contributed by atoms with Crippen molar-refractivity contribution in [2.75, 3.05) is 18.6 Å². The van der Waals surface area contributed by atoms with Gasteiger partial charge in [0, 0.05) is 13.2 Å². The predicted molar refractivity (Wildman–Crippen MR) is 75.2 cm³/mol. The summed E-state index contributed by atoms with van der Waals surface area (Å²) in [5.41, 5.74) is 5.25. The van der Waals surface area contributed by atoms with Gasteiger partial charge in [0.1, 0.15) is 0 Å². The first-order valence-corrected chi connectivity index (χ1v) is 5.75. The number of hydrogen-bond acceptors (Lipinski definition) is 3. The quantitative estimate of drug-likeness (QED) is 0.736. The Morgan fingerprint density at radius 1 is 1.41 bits per heavy atom. The Kier molecular flexibility index (Phi) is 3.85. The Morgan fingerprint density at radius 3 is 2.76 bits per heavy atom. The van der Waals surface area contributed by atoms with Crippen molar-refractivity contribution in [2.45, 2.75) is 0 Å². The van der Waals surface area contributed by atoms with E-state index >= 15 is 0 Å². The number of nitrogens with one attached hydrogen (secondary N) is 2. The first-order chi connectivity index (χ1) is 8.29. The van der Waals surface area contributed by atoms with E-state index in [0.717, 1.165) is 11.4 Å². The summed E-state index contributed by atoms with van der Waals surface area (Å²) in [6, 6.07) is 10.1. The summed E-state index contributed by atoms with van der Waals surface area (Å²) < 4.78 is 0. The number of thiocarbonyl (C=S) groups is 1. The molecule has 1 aromatic carbocycles. The predicted octanol–water partition coefficient (Wildman–Crippen LogP) is 1.47. The number of nitrogens with zero attached hydrogens (tertiary/aromatic N) is 2. The fourth-order valence-corrected chi connectivity index (χ4v) is 1.58. The van der Waals surface area contributed by atoms with Crippen molar-refractivity contribution in [3.8, 4) is 0 Å². The van der Waals surface area contributed by atoms with Gasteiger partial charge in [0.15, 0.2) is 5.11 Å². The van der Waals surface area contributed by atoms with Crippen LogP contribution in [0.1, 0.15) is 0 Å². The lowest BCUT2D eigenvalue weighted by Crippen LogP contribution is -2.40. The van der Waals surface area contributed by atoms with E-state index in [9.17, 15) is 0 Å². The molecular formula is C12H14N4S. The van der Waals surface area contributed by atoms with Crippen LogP contribution in [-0.4, -0.2) is 24.4 Å². The van der Waals surface area contributed by atoms with Crippen molar-refractivity contribution in [3.05, 3.63) is 42.6 Å². The topological polar surface area (TPSA) is 39.7 Å². The zero-order valence-corrected chi connectivity index (χ0v) is 10.4. The average Bonchev–Trinajstić information content (AvgIpc) is 2.40. The summed E-state index contributed by atoms with van der Waals surface area (Å²) in [6.45, 7) is 0.660. The Balaban J connectivity index is 2.08. The maximum Gasteiger partial charge on any atom is 0.192 e. The fourth-order valence-electron chi connectivity index (χ4n) is 1.47. The van der Waals surface area contributed by atoms with E-state index in [1.807, 2.05) is 47.6 Å². The molecular weight excluding hydrogens is 232 g/mol. The molecule has 17 heavy (non-hydrogen) atoms. The highest BCUT2D eigenvalue weighted by Gasteiger charge is 2.08. The maximum atomic E-state index is 4.99. The van der Waals surface area contributed by atoms with Crippen LogP contribution >= 0.6 is 12.2 Å². The van der Waals surface area contributed by atoms with Crippen LogP contribution in [0, 0.1) is 0 Å². The zero-order valence-electron chi connectivity index (χ0n) is 9.55. The molecule has 88 valence electrons. The van der Waals surface area contributed by atoms with Gasteiger partial charge in [0.05, 0.1) is 17.9 Å². The third-order valence-electron chi connectivity index (χ3n) is 2.34. The number of benzene rings is 1. The first-order valence-electron chi connectivity index (χ1n) is 5.35. The van der Waals surface area contributed by atoms with Crippen molar-refractivity contribution >= 4 is 28.7 Å². The molecule has 0 saturated carbocycles. The molecule has 0 radical (unpaired) electrons.